The van der Waals surface area contributed by atoms with Crippen LogP contribution in [0.15, 0.2) is 82.8 Å². The number of amides is 1. The maximum atomic E-state index is 13.4. The number of carbonyl (C=O) groups excluding carboxylic acids is 1. The van der Waals surface area contributed by atoms with Gasteiger partial charge >= 0.3 is 0 Å². The quantitative estimate of drug-likeness (QED) is 0.259. The number of hydrazone groups is 1. The first-order valence-electron chi connectivity index (χ1n) is 10.6. The van der Waals surface area contributed by atoms with Gasteiger partial charge in [-0.05, 0) is 56.3 Å². The predicted molar refractivity (Wildman–Crippen MR) is 132 cm³/mol. The van der Waals surface area contributed by atoms with Crippen molar-refractivity contribution >= 4 is 33.5 Å². The fourth-order valence-electron chi connectivity index (χ4n) is 3.13. The first-order valence-corrected chi connectivity index (χ1v) is 12.0. The second-order valence-corrected chi connectivity index (χ2v) is 9.22. The number of sulfonamides is 1. The Morgan fingerprint density at radius 1 is 1.09 bits per heavy atom. The van der Waals surface area contributed by atoms with Crippen LogP contribution in [0, 0.1) is 17.0 Å². The molecule has 0 aromatic heterocycles. The monoisotopic (exact) mass is 496 g/mol. The number of benzene rings is 3. The molecule has 0 aliphatic carbocycles. The summed E-state index contributed by atoms with van der Waals surface area (Å²) in [5, 5.41) is 14.9. The third-order valence-electron chi connectivity index (χ3n) is 4.86. The van der Waals surface area contributed by atoms with E-state index < -0.39 is 27.4 Å². The molecule has 0 aliphatic heterocycles. The number of para-hydroxylation sites is 1. The van der Waals surface area contributed by atoms with E-state index in [4.69, 9.17) is 4.74 Å². The topological polar surface area (TPSA) is 131 Å². The largest absolute Gasteiger partial charge is 0.494 e. The number of nitrogens with zero attached hydrogens (tertiary/aromatic N) is 3. The molecule has 182 valence electrons. The smallest absolute Gasteiger partial charge is 0.278 e. The van der Waals surface area contributed by atoms with Crippen molar-refractivity contribution in [1.82, 2.24) is 5.43 Å². The number of anilines is 1. The molecule has 3 aromatic rings. The molecule has 0 saturated carbocycles. The minimum atomic E-state index is -4.11. The molecule has 0 radical (unpaired) electrons. The summed E-state index contributed by atoms with van der Waals surface area (Å²) in [6.45, 7) is 3.56. The van der Waals surface area contributed by atoms with Crippen LogP contribution in [0.4, 0.5) is 11.4 Å². The van der Waals surface area contributed by atoms with Crippen LogP contribution < -0.4 is 14.5 Å². The van der Waals surface area contributed by atoms with Crippen LogP contribution in [0.2, 0.25) is 0 Å². The maximum Gasteiger partial charge on any atom is 0.278 e. The number of carbonyl (C=O) groups is 1. The van der Waals surface area contributed by atoms with Crippen molar-refractivity contribution in [1.29, 1.82) is 0 Å². The number of nitrogens with one attached hydrogen (secondary N) is 1. The SMILES string of the molecule is CCOc1ccc(S(=O)(=O)N(CC(=O)NN=Cc2ccccc2[N+](=O)[O-])c2ccc(C)cc2)cc1. The Kier molecular flexibility index (Phi) is 8.16. The van der Waals surface area contributed by atoms with Gasteiger partial charge in [-0.15, -0.1) is 0 Å². The predicted octanol–water partition coefficient (Wildman–Crippen LogP) is 3.65. The summed E-state index contributed by atoms with van der Waals surface area (Å²) in [4.78, 5) is 23.2. The molecule has 0 spiro atoms. The van der Waals surface area contributed by atoms with Crippen LogP contribution in [-0.2, 0) is 14.8 Å². The third-order valence-corrected chi connectivity index (χ3v) is 6.65. The van der Waals surface area contributed by atoms with Crippen molar-refractivity contribution in [3.8, 4) is 5.75 Å². The summed E-state index contributed by atoms with van der Waals surface area (Å²) >= 11 is 0. The lowest BCUT2D eigenvalue weighted by Gasteiger charge is -2.24. The first-order chi connectivity index (χ1) is 16.7. The van der Waals surface area contributed by atoms with Crippen LogP contribution in [0.1, 0.15) is 18.1 Å². The Morgan fingerprint density at radius 3 is 2.37 bits per heavy atom. The van der Waals surface area contributed by atoms with Crippen molar-refractivity contribution in [2.45, 2.75) is 18.7 Å². The average molecular weight is 497 g/mol. The summed E-state index contributed by atoms with van der Waals surface area (Å²) in [5.41, 5.74) is 3.47. The molecule has 0 unspecified atom stereocenters. The zero-order valence-corrected chi connectivity index (χ0v) is 19.9. The number of rotatable bonds is 10. The fraction of sp³-hybridized carbons (Fsp3) is 0.167. The zero-order valence-electron chi connectivity index (χ0n) is 19.1. The van der Waals surface area contributed by atoms with Gasteiger partial charge in [-0.25, -0.2) is 13.8 Å². The molecular weight excluding hydrogens is 472 g/mol. The number of nitro groups is 1. The summed E-state index contributed by atoms with van der Waals surface area (Å²) < 4.78 is 33.2. The third kappa shape index (κ3) is 6.42. The van der Waals surface area contributed by atoms with E-state index in [0.717, 1.165) is 16.1 Å². The Morgan fingerprint density at radius 2 is 1.74 bits per heavy atom. The van der Waals surface area contributed by atoms with Gasteiger partial charge in [-0.1, -0.05) is 29.8 Å². The second kappa shape index (κ2) is 11.3. The number of hydrogen-bond acceptors (Lipinski definition) is 7. The van der Waals surface area contributed by atoms with Crippen LogP contribution in [0.5, 0.6) is 5.75 Å². The van der Waals surface area contributed by atoms with E-state index in [1.807, 2.05) is 13.8 Å². The fourth-order valence-corrected chi connectivity index (χ4v) is 4.55. The molecule has 0 bridgehead atoms. The molecule has 0 saturated heterocycles. The first kappa shape index (κ1) is 25.4. The molecule has 1 N–H and O–H groups in total. The lowest BCUT2D eigenvalue weighted by atomic mass is 10.2. The van der Waals surface area contributed by atoms with E-state index in [9.17, 15) is 23.3 Å². The Bertz CT molecular complexity index is 1320. The lowest BCUT2D eigenvalue weighted by Crippen LogP contribution is -2.39. The highest BCUT2D eigenvalue weighted by atomic mass is 32.2. The molecule has 0 fully saturated rings. The van der Waals surface area contributed by atoms with Crippen molar-refractivity contribution in [2.24, 2.45) is 5.10 Å². The standard InChI is InChI=1S/C24H24N4O6S/c1-3-34-21-12-14-22(15-13-21)35(32,33)27(20-10-8-18(2)9-11-20)17-24(29)26-25-16-19-6-4-5-7-23(19)28(30)31/h4-16H,3,17H2,1-2H3,(H,26,29). The van der Waals surface area contributed by atoms with E-state index in [1.165, 1.54) is 30.3 Å². The molecule has 0 atom stereocenters. The van der Waals surface area contributed by atoms with Crippen LogP contribution in [0.25, 0.3) is 0 Å². The average Bonchev–Trinajstić information content (AvgIpc) is 2.84. The van der Waals surface area contributed by atoms with Crippen molar-refractivity contribution in [3.05, 3.63) is 94.0 Å². The van der Waals surface area contributed by atoms with Crippen molar-refractivity contribution in [2.75, 3.05) is 17.5 Å². The van der Waals surface area contributed by atoms with Gasteiger partial charge in [0.2, 0.25) is 0 Å². The highest BCUT2D eigenvalue weighted by Gasteiger charge is 2.27. The van der Waals surface area contributed by atoms with Gasteiger partial charge in [0.15, 0.2) is 0 Å². The maximum absolute atomic E-state index is 13.4. The van der Waals surface area contributed by atoms with E-state index in [0.29, 0.717) is 18.0 Å². The normalized spacial score (nSPS) is 11.3. The number of aryl methyl sites for hydroxylation is 1. The van der Waals surface area contributed by atoms with E-state index in [2.05, 4.69) is 10.5 Å². The van der Waals surface area contributed by atoms with Gasteiger partial charge < -0.3 is 4.74 Å². The molecule has 0 aliphatic rings. The van der Waals surface area contributed by atoms with E-state index in [-0.39, 0.29) is 16.1 Å². The van der Waals surface area contributed by atoms with Gasteiger partial charge in [0.05, 0.1) is 33.9 Å². The molecular formula is C24H24N4O6S. The van der Waals surface area contributed by atoms with Gasteiger partial charge in [0, 0.05) is 6.07 Å². The Balaban J connectivity index is 1.84. The van der Waals surface area contributed by atoms with Crippen LogP contribution in [-0.4, -0.2) is 38.6 Å². The van der Waals surface area contributed by atoms with Gasteiger partial charge in [-0.2, -0.15) is 5.10 Å². The zero-order chi connectivity index (χ0) is 25.4. The molecule has 35 heavy (non-hydrogen) atoms. The lowest BCUT2D eigenvalue weighted by molar-refractivity contribution is -0.385. The van der Waals surface area contributed by atoms with Gasteiger partial charge in [0.25, 0.3) is 21.6 Å². The van der Waals surface area contributed by atoms with Crippen molar-refractivity contribution in [3.63, 3.8) is 0 Å². The molecule has 0 heterocycles. The van der Waals surface area contributed by atoms with Gasteiger partial charge in [0.1, 0.15) is 12.3 Å². The molecule has 1 amide bonds. The summed E-state index contributed by atoms with van der Waals surface area (Å²) in [6.07, 6.45) is 1.13. The molecule has 3 rings (SSSR count). The second-order valence-electron chi connectivity index (χ2n) is 7.36. The van der Waals surface area contributed by atoms with Crippen LogP contribution in [0.3, 0.4) is 0 Å². The minimum Gasteiger partial charge on any atom is -0.494 e. The van der Waals surface area contributed by atoms with E-state index >= 15 is 0 Å². The minimum absolute atomic E-state index is 0.0160. The summed E-state index contributed by atoms with van der Waals surface area (Å²) in [7, 11) is -4.11. The Labute approximate surface area is 203 Å². The highest BCUT2D eigenvalue weighted by Crippen LogP contribution is 2.25. The number of hydrogen-bond donors (Lipinski definition) is 1. The van der Waals surface area contributed by atoms with Gasteiger partial charge in [-0.3, -0.25) is 19.2 Å². The number of ether oxygens (including phenoxy) is 1. The molecule has 10 nitrogen and oxygen atoms in total. The number of nitro benzene ring substituents is 1. The van der Waals surface area contributed by atoms with E-state index in [1.54, 1.807) is 42.5 Å². The summed E-state index contributed by atoms with van der Waals surface area (Å²) in [6, 6.07) is 18.5. The van der Waals surface area contributed by atoms with Crippen molar-refractivity contribution < 1.29 is 22.9 Å². The molecule has 11 heteroatoms. The summed E-state index contributed by atoms with van der Waals surface area (Å²) in [5.74, 6) is -0.203. The highest BCUT2D eigenvalue weighted by molar-refractivity contribution is 7.92. The van der Waals surface area contributed by atoms with Crippen LogP contribution >= 0.6 is 0 Å². The Hall–Kier alpha value is -4.25. The molecule has 3 aromatic carbocycles.